The van der Waals surface area contributed by atoms with Crippen molar-refractivity contribution in [3.8, 4) is 11.5 Å². The molecule has 1 unspecified atom stereocenters. The smallest absolute Gasteiger partial charge is 0.192 e. The molecule has 0 spiro atoms. The largest absolute Gasteiger partial charge is 0.497 e. The molecule has 1 aromatic carbocycles. The first-order valence-electron chi connectivity index (χ1n) is 10.8. The maximum absolute atomic E-state index is 6.03. The van der Waals surface area contributed by atoms with Crippen molar-refractivity contribution in [2.45, 2.75) is 64.6 Å². The molecule has 0 radical (unpaired) electrons. The highest BCUT2D eigenvalue weighted by Gasteiger charge is 2.16. The van der Waals surface area contributed by atoms with E-state index in [2.05, 4.69) is 20.8 Å². The standard InChI is InChI=1S/C22H34N6O2.HI/c1-16(30-20-12-8-11-19(13-20)29-4)14-23-22(25-18-9-6-5-7-10-18)24-15-21-27-26-17(2)28(21)3;/h8,11-13,16,18H,5-7,9-10,14-15H2,1-4H3,(H2,23,24,25);1H. The van der Waals surface area contributed by atoms with Gasteiger partial charge in [-0.05, 0) is 38.8 Å². The summed E-state index contributed by atoms with van der Waals surface area (Å²) in [6.07, 6.45) is 6.18. The molecule has 8 nitrogen and oxygen atoms in total. The Kier molecular flexibility index (Phi) is 10.4. The predicted octanol–water partition coefficient (Wildman–Crippen LogP) is 3.59. The molecule has 1 saturated carbocycles. The molecule has 2 aromatic rings. The van der Waals surface area contributed by atoms with Gasteiger partial charge in [-0.2, -0.15) is 0 Å². The lowest BCUT2D eigenvalue weighted by molar-refractivity contribution is 0.222. The summed E-state index contributed by atoms with van der Waals surface area (Å²) in [5.74, 6) is 4.10. The van der Waals surface area contributed by atoms with E-state index in [9.17, 15) is 0 Å². The van der Waals surface area contributed by atoms with Crippen LogP contribution in [0.3, 0.4) is 0 Å². The van der Waals surface area contributed by atoms with Crippen LogP contribution < -0.4 is 20.1 Å². The van der Waals surface area contributed by atoms with Crippen molar-refractivity contribution in [3.05, 3.63) is 35.9 Å². The summed E-state index contributed by atoms with van der Waals surface area (Å²) in [5.41, 5.74) is 0. The zero-order valence-corrected chi connectivity index (χ0v) is 21.3. The molecular weight excluding hydrogens is 507 g/mol. The normalized spacial score (nSPS) is 15.7. The minimum absolute atomic E-state index is 0. The minimum atomic E-state index is -0.0347. The molecule has 1 aromatic heterocycles. The summed E-state index contributed by atoms with van der Waals surface area (Å²) < 4.78 is 13.3. The number of hydrogen-bond donors (Lipinski definition) is 2. The zero-order chi connectivity index (χ0) is 21.3. The van der Waals surface area contributed by atoms with E-state index < -0.39 is 0 Å². The monoisotopic (exact) mass is 542 g/mol. The third-order valence-electron chi connectivity index (χ3n) is 5.44. The van der Waals surface area contributed by atoms with Crippen LogP contribution in [-0.2, 0) is 13.6 Å². The Morgan fingerprint density at radius 3 is 2.65 bits per heavy atom. The first kappa shape index (κ1) is 25.2. The fourth-order valence-electron chi connectivity index (χ4n) is 3.52. The van der Waals surface area contributed by atoms with E-state index in [-0.39, 0.29) is 30.1 Å². The number of methoxy groups -OCH3 is 1. The number of benzene rings is 1. The van der Waals surface area contributed by atoms with Crippen LogP contribution in [0.2, 0.25) is 0 Å². The van der Waals surface area contributed by atoms with Crippen LogP contribution in [0.5, 0.6) is 11.5 Å². The molecule has 0 bridgehead atoms. The van der Waals surface area contributed by atoms with Gasteiger partial charge in [-0.1, -0.05) is 25.3 Å². The molecule has 1 aliphatic carbocycles. The molecule has 0 amide bonds. The third kappa shape index (κ3) is 7.86. The van der Waals surface area contributed by atoms with Gasteiger partial charge in [0.15, 0.2) is 11.8 Å². The number of guanidine groups is 1. The number of nitrogens with zero attached hydrogens (tertiary/aromatic N) is 4. The minimum Gasteiger partial charge on any atom is -0.497 e. The van der Waals surface area contributed by atoms with Gasteiger partial charge in [0.2, 0.25) is 0 Å². The van der Waals surface area contributed by atoms with Gasteiger partial charge in [0.25, 0.3) is 0 Å². The summed E-state index contributed by atoms with van der Waals surface area (Å²) in [6, 6.07) is 8.12. The van der Waals surface area contributed by atoms with E-state index in [1.165, 1.54) is 32.1 Å². The molecule has 9 heteroatoms. The van der Waals surface area contributed by atoms with E-state index in [1.54, 1.807) is 7.11 Å². The van der Waals surface area contributed by atoms with Crippen molar-refractivity contribution in [3.63, 3.8) is 0 Å². The van der Waals surface area contributed by atoms with Crippen LogP contribution >= 0.6 is 24.0 Å². The molecule has 0 aliphatic heterocycles. The highest BCUT2D eigenvalue weighted by molar-refractivity contribution is 14.0. The average Bonchev–Trinajstić information content (AvgIpc) is 3.08. The van der Waals surface area contributed by atoms with Gasteiger partial charge in [-0.15, -0.1) is 34.2 Å². The second kappa shape index (κ2) is 12.7. The lowest BCUT2D eigenvalue weighted by Crippen LogP contribution is -2.46. The first-order chi connectivity index (χ1) is 14.5. The number of ether oxygens (including phenoxy) is 2. The average molecular weight is 542 g/mol. The third-order valence-corrected chi connectivity index (χ3v) is 5.44. The van der Waals surface area contributed by atoms with E-state index in [1.807, 2.05) is 49.7 Å². The summed E-state index contributed by atoms with van der Waals surface area (Å²) in [6.45, 7) is 5.09. The lowest BCUT2D eigenvalue weighted by atomic mass is 9.96. The van der Waals surface area contributed by atoms with E-state index in [0.717, 1.165) is 29.1 Å². The van der Waals surface area contributed by atoms with Gasteiger partial charge >= 0.3 is 0 Å². The number of aliphatic imine (C=N–C) groups is 1. The number of aromatic nitrogens is 3. The summed E-state index contributed by atoms with van der Waals surface area (Å²) >= 11 is 0. The Labute approximate surface area is 202 Å². The Morgan fingerprint density at radius 2 is 1.97 bits per heavy atom. The maximum atomic E-state index is 6.03. The molecular formula is C22H35IN6O2. The van der Waals surface area contributed by atoms with Gasteiger partial charge in [0.1, 0.15) is 30.0 Å². The second-order valence-corrected chi connectivity index (χ2v) is 7.85. The summed E-state index contributed by atoms with van der Waals surface area (Å²) in [5, 5.41) is 15.4. The molecule has 172 valence electrons. The van der Waals surface area contributed by atoms with Gasteiger partial charge in [-0.25, -0.2) is 4.99 Å². The fraction of sp³-hybridized carbons (Fsp3) is 0.591. The molecule has 1 heterocycles. The zero-order valence-electron chi connectivity index (χ0n) is 18.9. The van der Waals surface area contributed by atoms with Gasteiger partial charge in [-0.3, -0.25) is 0 Å². The molecule has 1 atom stereocenters. The van der Waals surface area contributed by atoms with Crippen molar-refractivity contribution in [1.82, 2.24) is 25.4 Å². The number of halogens is 1. The Bertz CT molecular complexity index is 835. The van der Waals surface area contributed by atoms with Crippen molar-refractivity contribution in [1.29, 1.82) is 0 Å². The highest BCUT2D eigenvalue weighted by Crippen LogP contribution is 2.20. The van der Waals surface area contributed by atoms with Crippen molar-refractivity contribution in [2.75, 3.05) is 13.7 Å². The van der Waals surface area contributed by atoms with Gasteiger partial charge < -0.3 is 24.7 Å². The number of rotatable bonds is 8. The second-order valence-electron chi connectivity index (χ2n) is 7.85. The van der Waals surface area contributed by atoms with Crippen molar-refractivity contribution >= 4 is 29.9 Å². The molecule has 2 N–H and O–H groups in total. The Hall–Kier alpha value is -2.04. The van der Waals surface area contributed by atoms with Crippen molar-refractivity contribution < 1.29 is 9.47 Å². The Balaban J connectivity index is 0.00000341. The van der Waals surface area contributed by atoms with Crippen molar-refractivity contribution in [2.24, 2.45) is 12.0 Å². The van der Waals surface area contributed by atoms with Crippen LogP contribution in [0.25, 0.3) is 0 Å². The molecule has 1 aliphatic rings. The molecule has 1 fully saturated rings. The molecule has 0 saturated heterocycles. The van der Waals surface area contributed by atoms with E-state index in [0.29, 0.717) is 19.1 Å². The van der Waals surface area contributed by atoms with Crippen LogP contribution in [0.1, 0.15) is 50.7 Å². The number of nitrogens with one attached hydrogen (secondary N) is 2. The van der Waals surface area contributed by atoms with Crippen LogP contribution in [0, 0.1) is 6.92 Å². The molecule has 3 rings (SSSR count). The Morgan fingerprint density at radius 1 is 1.23 bits per heavy atom. The summed E-state index contributed by atoms with van der Waals surface area (Å²) in [4.78, 5) is 4.76. The SMILES string of the molecule is COc1cccc(OC(C)CNC(=NCc2nnc(C)n2C)NC2CCCCC2)c1.I. The summed E-state index contributed by atoms with van der Waals surface area (Å²) in [7, 11) is 3.62. The van der Waals surface area contributed by atoms with Crippen LogP contribution in [0.15, 0.2) is 29.3 Å². The first-order valence-corrected chi connectivity index (χ1v) is 10.8. The van der Waals surface area contributed by atoms with Gasteiger partial charge in [0.05, 0.1) is 13.7 Å². The number of aryl methyl sites for hydroxylation is 1. The molecule has 31 heavy (non-hydrogen) atoms. The van der Waals surface area contributed by atoms with Crippen LogP contribution in [0.4, 0.5) is 0 Å². The fourth-order valence-corrected chi connectivity index (χ4v) is 3.52. The van der Waals surface area contributed by atoms with E-state index >= 15 is 0 Å². The quantitative estimate of drug-likeness (QED) is 0.302. The maximum Gasteiger partial charge on any atom is 0.192 e. The van der Waals surface area contributed by atoms with Gasteiger partial charge in [0, 0.05) is 19.2 Å². The highest BCUT2D eigenvalue weighted by atomic mass is 127. The predicted molar refractivity (Wildman–Crippen MR) is 133 cm³/mol. The topological polar surface area (TPSA) is 85.6 Å². The van der Waals surface area contributed by atoms with Crippen LogP contribution in [-0.4, -0.2) is 46.5 Å². The number of hydrogen-bond acceptors (Lipinski definition) is 5. The van der Waals surface area contributed by atoms with E-state index in [4.69, 9.17) is 14.5 Å². The lowest BCUT2D eigenvalue weighted by Gasteiger charge is -2.26.